The van der Waals surface area contributed by atoms with Gasteiger partial charge < -0.3 is 14.9 Å². The summed E-state index contributed by atoms with van der Waals surface area (Å²) in [7, 11) is 0. The van der Waals surface area contributed by atoms with Crippen LogP contribution in [0.4, 0.5) is 0 Å². The lowest BCUT2D eigenvalue weighted by molar-refractivity contribution is -0.141. The van der Waals surface area contributed by atoms with Crippen molar-refractivity contribution < 1.29 is 19.7 Å². The molecule has 0 aliphatic carbocycles. The first-order chi connectivity index (χ1) is 11.1. The van der Waals surface area contributed by atoms with E-state index in [-0.39, 0.29) is 5.97 Å². The molecule has 2 N–H and O–H groups in total. The molecule has 4 heteroatoms. The molecule has 0 aromatic carbocycles. The van der Waals surface area contributed by atoms with Gasteiger partial charge in [-0.1, -0.05) is 49.8 Å². The number of carbonyl (C=O) groups excluding carboxylic acids is 1. The van der Waals surface area contributed by atoms with E-state index < -0.39 is 12.2 Å². The minimum atomic E-state index is -0.883. The number of carbonyl (C=O) groups is 1. The lowest BCUT2D eigenvalue weighted by Gasteiger charge is -2.01. The second-order valence-corrected chi connectivity index (χ2v) is 4.99. The normalized spacial score (nSPS) is 12.5. The lowest BCUT2D eigenvalue weighted by atomic mass is 10.1. The van der Waals surface area contributed by atoms with Gasteiger partial charge >= 0.3 is 5.97 Å². The van der Waals surface area contributed by atoms with Gasteiger partial charge in [0.1, 0.15) is 12.2 Å². The van der Waals surface area contributed by atoms with Crippen molar-refractivity contribution in [2.45, 2.75) is 57.7 Å². The van der Waals surface area contributed by atoms with Crippen molar-refractivity contribution in [2.24, 2.45) is 0 Å². The zero-order valence-electron chi connectivity index (χ0n) is 13.8. The van der Waals surface area contributed by atoms with Crippen molar-refractivity contribution in [3.05, 3.63) is 24.8 Å². The van der Waals surface area contributed by atoms with Gasteiger partial charge in [-0.05, 0) is 37.2 Å². The monoisotopic (exact) mass is 318 g/mol. The van der Waals surface area contributed by atoms with E-state index in [0.29, 0.717) is 6.61 Å². The van der Waals surface area contributed by atoms with Crippen LogP contribution in [0.3, 0.4) is 0 Å². The number of hydrogen-bond acceptors (Lipinski definition) is 4. The van der Waals surface area contributed by atoms with Crippen LogP contribution in [0.1, 0.15) is 45.4 Å². The zero-order valence-corrected chi connectivity index (χ0v) is 13.8. The lowest BCUT2D eigenvalue weighted by Crippen LogP contribution is -2.00. The summed E-state index contributed by atoms with van der Waals surface area (Å²) >= 11 is 0. The van der Waals surface area contributed by atoms with Gasteiger partial charge in [0.2, 0.25) is 0 Å². The first-order valence-corrected chi connectivity index (χ1v) is 7.86. The number of unbranched alkanes of at least 4 members (excludes halogenated alkanes) is 5. The highest BCUT2D eigenvalue weighted by molar-refractivity contribution is 5.65. The number of aliphatic hydroxyl groups is 2. The zero-order chi connectivity index (χ0) is 17.3. The Kier molecular flexibility index (Phi) is 13.6. The smallest absolute Gasteiger partial charge is 0.302 e. The van der Waals surface area contributed by atoms with E-state index in [4.69, 9.17) is 9.84 Å². The van der Waals surface area contributed by atoms with Gasteiger partial charge in [-0.2, -0.15) is 0 Å². The molecule has 23 heavy (non-hydrogen) atoms. The third-order valence-corrected chi connectivity index (χ3v) is 2.86. The summed E-state index contributed by atoms with van der Waals surface area (Å²) in [4.78, 5) is 10.6. The molecule has 0 saturated carbocycles. The minimum absolute atomic E-state index is 0.223. The molecule has 0 radical (unpaired) electrons. The molecule has 4 nitrogen and oxygen atoms in total. The second-order valence-electron chi connectivity index (χ2n) is 4.99. The molecule has 0 fully saturated rings. The summed E-state index contributed by atoms with van der Waals surface area (Å²) in [6.07, 6.45) is 9.26. The Morgan fingerprint density at radius 2 is 1.70 bits per heavy atom. The fraction of sp³-hybridized carbons (Fsp3) is 0.526. The predicted octanol–water partition coefficient (Wildman–Crippen LogP) is 2.36. The highest BCUT2D eigenvalue weighted by Gasteiger charge is 1.94. The van der Waals surface area contributed by atoms with Crippen LogP contribution >= 0.6 is 0 Å². The van der Waals surface area contributed by atoms with Crippen molar-refractivity contribution in [3.8, 4) is 23.7 Å². The molecule has 0 heterocycles. The molecule has 0 aromatic heterocycles. The molecule has 0 aliphatic rings. The third-order valence-electron chi connectivity index (χ3n) is 2.86. The topological polar surface area (TPSA) is 66.8 Å². The Hall–Kier alpha value is -2.01. The highest BCUT2D eigenvalue weighted by Crippen LogP contribution is 2.06. The predicted molar refractivity (Wildman–Crippen MR) is 91.2 cm³/mol. The van der Waals surface area contributed by atoms with Crippen LogP contribution in [0.15, 0.2) is 24.8 Å². The molecule has 0 bridgehead atoms. The van der Waals surface area contributed by atoms with Crippen LogP contribution in [-0.2, 0) is 9.53 Å². The average molecular weight is 318 g/mol. The van der Waals surface area contributed by atoms with E-state index in [9.17, 15) is 9.90 Å². The summed E-state index contributed by atoms with van der Waals surface area (Å²) in [5, 5.41) is 18.6. The standard InChI is InChI=1S/C19H26O4/c1-3-18(21)13-10-11-15-19(22)14-9-7-5-4-6-8-12-16-23-17(2)20/h3,9,14,18-19,21-22H,1,4-8,12,16H2,2H3/t18-,19+/m1/s1. The van der Waals surface area contributed by atoms with Gasteiger partial charge in [-0.25, -0.2) is 0 Å². The Labute approximate surface area is 139 Å². The molecule has 0 aliphatic heterocycles. The van der Waals surface area contributed by atoms with Gasteiger partial charge in [0, 0.05) is 6.92 Å². The van der Waals surface area contributed by atoms with Crippen LogP contribution in [0.2, 0.25) is 0 Å². The van der Waals surface area contributed by atoms with Gasteiger partial charge in [-0.15, -0.1) is 0 Å². The number of esters is 1. The fourth-order valence-corrected chi connectivity index (χ4v) is 1.66. The number of rotatable bonds is 10. The quantitative estimate of drug-likeness (QED) is 0.281. The number of hydrogen-bond donors (Lipinski definition) is 2. The van der Waals surface area contributed by atoms with Crippen LogP contribution in [0.5, 0.6) is 0 Å². The third kappa shape index (κ3) is 16.2. The average Bonchev–Trinajstić information content (AvgIpc) is 2.52. The first kappa shape index (κ1) is 21.0. The summed E-state index contributed by atoms with van der Waals surface area (Å²) in [6.45, 7) is 5.31. The number of allylic oxidation sites excluding steroid dienone is 1. The van der Waals surface area contributed by atoms with Gasteiger partial charge in [-0.3, -0.25) is 4.79 Å². The van der Waals surface area contributed by atoms with E-state index >= 15 is 0 Å². The molecular formula is C19H26O4. The first-order valence-electron chi connectivity index (χ1n) is 7.86. The summed E-state index contributed by atoms with van der Waals surface area (Å²) in [5.74, 6) is 9.72. The number of ether oxygens (including phenoxy) is 1. The van der Waals surface area contributed by atoms with Crippen molar-refractivity contribution in [2.75, 3.05) is 6.61 Å². The van der Waals surface area contributed by atoms with Crippen molar-refractivity contribution in [3.63, 3.8) is 0 Å². The van der Waals surface area contributed by atoms with Crippen LogP contribution < -0.4 is 0 Å². The summed E-state index contributed by atoms with van der Waals surface area (Å²) in [5.41, 5.74) is 0. The molecule has 0 unspecified atom stereocenters. The Morgan fingerprint density at radius 1 is 1.09 bits per heavy atom. The summed E-state index contributed by atoms with van der Waals surface area (Å²) < 4.78 is 4.85. The molecule has 0 rings (SSSR count). The Bertz CT molecular complexity index is 485. The fourth-order valence-electron chi connectivity index (χ4n) is 1.66. The highest BCUT2D eigenvalue weighted by atomic mass is 16.5. The maximum Gasteiger partial charge on any atom is 0.302 e. The van der Waals surface area contributed by atoms with Gasteiger partial charge in [0.25, 0.3) is 0 Å². The van der Waals surface area contributed by atoms with E-state index in [1.165, 1.54) is 13.0 Å². The Morgan fingerprint density at radius 3 is 2.35 bits per heavy atom. The molecule has 0 aromatic rings. The van der Waals surface area contributed by atoms with Gasteiger partial charge in [0.15, 0.2) is 0 Å². The largest absolute Gasteiger partial charge is 0.466 e. The van der Waals surface area contributed by atoms with E-state index in [1.54, 1.807) is 6.08 Å². The SMILES string of the molecule is C=C[C@@H](O)C#CC#C[C@@H](O)C=CCCCCCCCOC(C)=O. The maximum atomic E-state index is 10.6. The van der Waals surface area contributed by atoms with E-state index in [1.807, 2.05) is 6.08 Å². The van der Waals surface area contributed by atoms with Crippen molar-refractivity contribution in [1.29, 1.82) is 0 Å². The molecule has 2 atom stereocenters. The molecular weight excluding hydrogens is 292 g/mol. The summed E-state index contributed by atoms with van der Waals surface area (Å²) in [6, 6.07) is 0. The van der Waals surface area contributed by atoms with Crippen LogP contribution in [0.25, 0.3) is 0 Å². The molecule has 0 amide bonds. The van der Waals surface area contributed by atoms with Crippen LogP contribution in [-0.4, -0.2) is 35.0 Å². The minimum Gasteiger partial charge on any atom is -0.466 e. The molecule has 0 saturated heterocycles. The second kappa shape index (κ2) is 14.9. The van der Waals surface area contributed by atoms with E-state index in [0.717, 1.165) is 38.5 Å². The Balaban J connectivity index is 3.62. The molecule has 126 valence electrons. The van der Waals surface area contributed by atoms with Gasteiger partial charge in [0.05, 0.1) is 6.61 Å². The maximum absolute atomic E-state index is 10.6. The number of aliphatic hydroxyl groups excluding tert-OH is 2. The van der Waals surface area contributed by atoms with Crippen molar-refractivity contribution >= 4 is 5.97 Å². The van der Waals surface area contributed by atoms with E-state index in [2.05, 4.69) is 30.3 Å². The van der Waals surface area contributed by atoms with Crippen molar-refractivity contribution in [1.82, 2.24) is 0 Å². The van der Waals surface area contributed by atoms with Crippen LogP contribution in [0, 0.1) is 23.7 Å². The molecule has 0 spiro atoms.